The zero-order chi connectivity index (χ0) is 14.8. The molecular weight excluding hydrogens is 311 g/mol. The zero-order valence-electron chi connectivity index (χ0n) is 11.3. The lowest BCUT2D eigenvalue weighted by Crippen LogP contribution is -2.24. The third-order valence-electron chi connectivity index (χ3n) is 3.46. The Balaban J connectivity index is 1.88. The van der Waals surface area contributed by atoms with Gasteiger partial charge < -0.3 is 4.74 Å². The minimum absolute atomic E-state index is 0.00865. The maximum atomic E-state index is 11.9. The predicted molar refractivity (Wildman–Crippen MR) is 82.0 cm³/mol. The van der Waals surface area contributed by atoms with E-state index in [1.54, 1.807) is 18.2 Å². The molecule has 4 nitrogen and oxygen atoms in total. The largest absolute Gasteiger partial charge is 0.372 e. The molecule has 0 aliphatic carbocycles. The smallest absolute Gasteiger partial charge is 0.267 e. The second kappa shape index (κ2) is 6.18. The molecule has 1 saturated heterocycles. The molecule has 1 atom stereocenters. The van der Waals surface area contributed by atoms with E-state index < -0.39 is 0 Å². The lowest BCUT2D eigenvalue weighted by molar-refractivity contribution is 0.107. The van der Waals surface area contributed by atoms with Crippen molar-refractivity contribution in [2.45, 2.75) is 25.5 Å². The van der Waals surface area contributed by atoms with Gasteiger partial charge in [-0.25, -0.2) is 4.68 Å². The first-order valence-electron chi connectivity index (χ1n) is 6.77. The summed E-state index contributed by atoms with van der Waals surface area (Å²) in [5.74, 6) is 0. The van der Waals surface area contributed by atoms with E-state index in [1.165, 1.54) is 10.7 Å². The maximum Gasteiger partial charge on any atom is 0.267 e. The van der Waals surface area contributed by atoms with Crippen LogP contribution in [0.2, 0.25) is 10.0 Å². The van der Waals surface area contributed by atoms with Gasteiger partial charge in [-0.2, -0.15) is 5.10 Å². The number of rotatable bonds is 3. The van der Waals surface area contributed by atoms with Crippen LogP contribution in [0.25, 0.3) is 0 Å². The van der Waals surface area contributed by atoms with Crippen LogP contribution in [0.15, 0.2) is 35.1 Å². The van der Waals surface area contributed by atoms with Crippen molar-refractivity contribution in [1.29, 1.82) is 0 Å². The highest BCUT2D eigenvalue weighted by atomic mass is 35.5. The Morgan fingerprint density at radius 1 is 1.24 bits per heavy atom. The molecular formula is C15H14Cl2N2O2. The summed E-state index contributed by atoms with van der Waals surface area (Å²) >= 11 is 11.9. The second-order valence-electron chi connectivity index (χ2n) is 5.00. The average molecular weight is 325 g/mol. The SMILES string of the molecule is O=c1ccc(C2CCCO2)nn1Cc1ccc(Cl)c(Cl)c1. The summed E-state index contributed by atoms with van der Waals surface area (Å²) in [5, 5.41) is 5.37. The normalized spacial score (nSPS) is 18.1. The second-order valence-corrected chi connectivity index (χ2v) is 5.82. The van der Waals surface area contributed by atoms with Crippen molar-refractivity contribution in [3.8, 4) is 0 Å². The van der Waals surface area contributed by atoms with Gasteiger partial charge in [0.1, 0.15) is 6.10 Å². The summed E-state index contributed by atoms with van der Waals surface area (Å²) in [6.45, 7) is 1.11. The highest BCUT2D eigenvalue weighted by molar-refractivity contribution is 6.42. The Hall–Kier alpha value is -1.36. The Bertz CT molecular complexity index is 709. The monoisotopic (exact) mass is 324 g/mol. The standard InChI is InChI=1S/C15H14Cl2N2O2/c16-11-4-3-10(8-12(11)17)9-19-15(20)6-5-13(18-19)14-2-1-7-21-14/h3-6,8,14H,1-2,7,9H2. The molecule has 0 N–H and O–H groups in total. The summed E-state index contributed by atoms with van der Waals surface area (Å²) in [5.41, 5.74) is 1.53. The molecule has 0 spiro atoms. The van der Waals surface area contributed by atoms with E-state index in [4.69, 9.17) is 27.9 Å². The van der Waals surface area contributed by atoms with E-state index in [2.05, 4.69) is 5.10 Å². The van der Waals surface area contributed by atoms with Crippen molar-refractivity contribution in [3.63, 3.8) is 0 Å². The molecule has 1 fully saturated rings. The van der Waals surface area contributed by atoms with E-state index in [9.17, 15) is 4.79 Å². The van der Waals surface area contributed by atoms with Gasteiger partial charge in [0, 0.05) is 12.7 Å². The fourth-order valence-corrected chi connectivity index (χ4v) is 2.69. The van der Waals surface area contributed by atoms with Crippen molar-refractivity contribution in [3.05, 3.63) is 62.0 Å². The van der Waals surface area contributed by atoms with Crippen molar-refractivity contribution < 1.29 is 4.74 Å². The lowest BCUT2D eigenvalue weighted by atomic mass is 10.2. The topological polar surface area (TPSA) is 44.1 Å². The van der Waals surface area contributed by atoms with Crippen molar-refractivity contribution in [1.82, 2.24) is 9.78 Å². The van der Waals surface area contributed by atoms with Crippen LogP contribution in [0.1, 0.15) is 30.2 Å². The Kier molecular flexibility index (Phi) is 4.29. The summed E-state index contributed by atoms with van der Waals surface area (Å²) in [6.07, 6.45) is 1.96. The highest BCUT2D eigenvalue weighted by Gasteiger charge is 2.19. The van der Waals surface area contributed by atoms with Gasteiger partial charge in [0.2, 0.25) is 0 Å². The molecule has 1 aromatic heterocycles. The molecule has 1 unspecified atom stereocenters. The molecule has 0 saturated carbocycles. The average Bonchev–Trinajstić information content (AvgIpc) is 2.99. The van der Waals surface area contributed by atoms with Crippen LogP contribution in [0, 0.1) is 0 Å². The van der Waals surface area contributed by atoms with Gasteiger partial charge in [0.25, 0.3) is 5.56 Å². The Morgan fingerprint density at radius 3 is 2.81 bits per heavy atom. The molecule has 1 aliphatic rings. The summed E-state index contributed by atoms with van der Waals surface area (Å²) in [6, 6.07) is 8.57. The molecule has 21 heavy (non-hydrogen) atoms. The minimum atomic E-state index is -0.150. The number of ether oxygens (including phenoxy) is 1. The number of benzene rings is 1. The fraction of sp³-hybridized carbons (Fsp3) is 0.333. The first kappa shape index (κ1) is 14.6. The number of nitrogens with zero attached hydrogens (tertiary/aromatic N) is 2. The van der Waals surface area contributed by atoms with Gasteiger partial charge in [0.15, 0.2) is 0 Å². The summed E-state index contributed by atoms with van der Waals surface area (Å²) in [7, 11) is 0. The fourth-order valence-electron chi connectivity index (χ4n) is 2.37. The van der Waals surface area contributed by atoms with Crippen molar-refractivity contribution >= 4 is 23.2 Å². The van der Waals surface area contributed by atoms with Crippen LogP contribution >= 0.6 is 23.2 Å². The molecule has 3 rings (SSSR count). The maximum absolute atomic E-state index is 11.9. The quantitative estimate of drug-likeness (QED) is 0.868. The first-order valence-corrected chi connectivity index (χ1v) is 7.53. The number of aromatic nitrogens is 2. The molecule has 0 radical (unpaired) electrons. The lowest BCUT2D eigenvalue weighted by Gasteiger charge is -2.11. The van der Waals surface area contributed by atoms with Crippen LogP contribution in [0.3, 0.4) is 0 Å². The molecule has 0 bridgehead atoms. The third-order valence-corrected chi connectivity index (χ3v) is 4.20. The van der Waals surface area contributed by atoms with Crippen LogP contribution < -0.4 is 5.56 Å². The van der Waals surface area contributed by atoms with E-state index >= 15 is 0 Å². The van der Waals surface area contributed by atoms with Crippen molar-refractivity contribution in [2.75, 3.05) is 6.61 Å². The van der Waals surface area contributed by atoms with Gasteiger partial charge in [-0.1, -0.05) is 29.3 Å². The highest BCUT2D eigenvalue weighted by Crippen LogP contribution is 2.26. The Morgan fingerprint density at radius 2 is 2.10 bits per heavy atom. The van der Waals surface area contributed by atoms with Gasteiger partial charge in [-0.3, -0.25) is 4.79 Å². The molecule has 6 heteroatoms. The minimum Gasteiger partial charge on any atom is -0.372 e. The molecule has 0 amide bonds. The van der Waals surface area contributed by atoms with E-state index in [0.717, 1.165) is 30.7 Å². The number of halogens is 2. The molecule has 1 aliphatic heterocycles. The number of hydrogen-bond acceptors (Lipinski definition) is 3. The van der Waals surface area contributed by atoms with E-state index in [1.807, 2.05) is 6.07 Å². The first-order chi connectivity index (χ1) is 10.1. The van der Waals surface area contributed by atoms with Gasteiger partial charge in [-0.05, 0) is 36.6 Å². The Labute approximate surface area is 132 Å². The van der Waals surface area contributed by atoms with Gasteiger partial charge >= 0.3 is 0 Å². The summed E-state index contributed by atoms with van der Waals surface area (Å²) in [4.78, 5) is 11.9. The molecule has 1 aromatic carbocycles. The van der Waals surface area contributed by atoms with E-state index in [-0.39, 0.29) is 11.7 Å². The van der Waals surface area contributed by atoms with Gasteiger partial charge in [-0.15, -0.1) is 0 Å². The van der Waals surface area contributed by atoms with Crippen LogP contribution in [-0.2, 0) is 11.3 Å². The molecule has 2 aromatic rings. The summed E-state index contributed by atoms with van der Waals surface area (Å²) < 4.78 is 7.03. The van der Waals surface area contributed by atoms with Crippen LogP contribution in [-0.4, -0.2) is 16.4 Å². The predicted octanol–water partition coefficient (Wildman–Crippen LogP) is 3.45. The van der Waals surface area contributed by atoms with E-state index in [0.29, 0.717) is 16.6 Å². The molecule has 110 valence electrons. The van der Waals surface area contributed by atoms with Crippen LogP contribution in [0.4, 0.5) is 0 Å². The van der Waals surface area contributed by atoms with Crippen LogP contribution in [0.5, 0.6) is 0 Å². The number of hydrogen-bond donors (Lipinski definition) is 0. The molecule has 2 heterocycles. The van der Waals surface area contributed by atoms with Gasteiger partial charge in [0.05, 0.1) is 22.3 Å². The third kappa shape index (κ3) is 3.28. The van der Waals surface area contributed by atoms with Crippen molar-refractivity contribution in [2.24, 2.45) is 0 Å². The zero-order valence-corrected chi connectivity index (χ0v) is 12.8.